The number of hydrogen-bond donors (Lipinski definition) is 4. The number of nitrogens with one attached hydrogen (secondary N) is 3. The Morgan fingerprint density at radius 1 is 1.21 bits per heavy atom. The van der Waals surface area contributed by atoms with E-state index in [9.17, 15) is 0 Å². The topological polar surface area (TPSA) is 113 Å². The molecule has 1 atom stereocenters. The van der Waals surface area contributed by atoms with E-state index in [4.69, 9.17) is 38.6 Å². The number of fused-ring (bicyclic) bond motifs is 1. The molecule has 0 bridgehead atoms. The second-order valence-corrected chi connectivity index (χ2v) is 6.90. The number of halogens is 1. The Labute approximate surface area is 168 Å². The predicted octanol–water partition coefficient (Wildman–Crippen LogP) is 4.31. The van der Waals surface area contributed by atoms with Gasteiger partial charge in [-0.3, -0.25) is 20.7 Å². The van der Waals surface area contributed by atoms with Gasteiger partial charge in [-0.1, -0.05) is 29.8 Å². The van der Waals surface area contributed by atoms with E-state index < -0.39 is 6.04 Å². The number of nitrogens with zero attached hydrogens (tertiary/aromatic N) is 2. The van der Waals surface area contributed by atoms with Crippen LogP contribution in [-0.2, 0) is 0 Å². The van der Waals surface area contributed by atoms with Crippen LogP contribution in [0.1, 0.15) is 30.5 Å². The molecule has 142 valence electrons. The predicted molar refractivity (Wildman–Crippen MR) is 118 cm³/mol. The van der Waals surface area contributed by atoms with Gasteiger partial charge in [-0.25, -0.2) is 0 Å². The number of allylic oxidation sites excluding steroid dienone is 1. The van der Waals surface area contributed by atoms with Gasteiger partial charge in [-0.15, -0.1) is 0 Å². The van der Waals surface area contributed by atoms with E-state index in [1.165, 1.54) is 12.4 Å². The van der Waals surface area contributed by atoms with Crippen molar-refractivity contribution in [1.82, 2.24) is 0 Å². The number of anilines is 1. The summed E-state index contributed by atoms with van der Waals surface area (Å²) in [5, 5.41) is 25.0. The molecule has 0 amide bonds. The minimum atomic E-state index is -0.436. The van der Waals surface area contributed by atoms with Crippen LogP contribution < -0.4 is 10.6 Å². The Hall–Kier alpha value is -3.25. The molecule has 1 heterocycles. The third-order valence-corrected chi connectivity index (χ3v) is 4.83. The first kappa shape index (κ1) is 19.5. The Morgan fingerprint density at radius 3 is 2.46 bits per heavy atom. The molecule has 0 unspecified atom stereocenters. The van der Waals surface area contributed by atoms with Gasteiger partial charge in [0.1, 0.15) is 17.7 Å². The number of aliphatic imine (C=N–C) groups is 1. The quantitative estimate of drug-likeness (QED) is 0.460. The molecule has 0 spiro atoms. The van der Waals surface area contributed by atoms with Gasteiger partial charge in [0.2, 0.25) is 0 Å². The van der Waals surface area contributed by atoms with Gasteiger partial charge in [0.15, 0.2) is 0 Å². The standard InChI is InChI=1S/C21H21ClN6/c1-12-21(26)28(13(2)25)19-8-5-15(16(10-23)11-24)9-18(19)20(27-12)14-3-6-17(22)7-4-14/h3-12,23,25-26H,24H2,1-2H3/b16-11+,23-10?,25-13?,26-21?/t12-/m0/s1. The smallest absolute Gasteiger partial charge is 0.131 e. The molecule has 7 heteroatoms. The highest BCUT2D eigenvalue weighted by Crippen LogP contribution is 2.31. The van der Waals surface area contributed by atoms with Crippen LogP contribution in [0, 0.1) is 16.2 Å². The van der Waals surface area contributed by atoms with E-state index >= 15 is 0 Å². The average molecular weight is 393 g/mol. The number of benzodiazepines with no additional fused rings is 1. The second kappa shape index (κ2) is 7.78. The molecule has 6 nitrogen and oxygen atoms in total. The summed E-state index contributed by atoms with van der Waals surface area (Å²) in [6.45, 7) is 3.48. The fraction of sp³-hybridized carbons (Fsp3) is 0.143. The van der Waals surface area contributed by atoms with Crippen molar-refractivity contribution in [1.29, 1.82) is 16.2 Å². The van der Waals surface area contributed by atoms with Crippen LogP contribution in [-0.4, -0.2) is 29.6 Å². The van der Waals surface area contributed by atoms with Gasteiger partial charge in [0, 0.05) is 34.1 Å². The van der Waals surface area contributed by atoms with Gasteiger partial charge in [0.05, 0.1) is 11.4 Å². The van der Waals surface area contributed by atoms with E-state index in [1.54, 1.807) is 24.0 Å². The summed E-state index contributed by atoms with van der Waals surface area (Å²) in [6.07, 6.45) is 2.58. The molecule has 5 N–H and O–H groups in total. The van der Waals surface area contributed by atoms with Crippen molar-refractivity contribution in [2.45, 2.75) is 19.9 Å². The summed E-state index contributed by atoms with van der Waals surface area (Å²) in [5.74, 6) is 0.465. The van der Waals surface area contributed by atoms with Crippen molar-refractivity contribution >= 4 is 46.5 Å². The van der Waals surface area contributed by atoms with Crippen molar-refractivity contribution in [2.75, 3.05) is 4.90 Å². The zero-order chi connectivity index (χ0) is 20.4. The fourth-order valence-corrected chi connectivity index (χ4v) is 3.29. The average Bonchev–Trinajstić information content (AvgIpc) is 2.78. The molecule has 0 saturated carbocycles. The summed E-state index contributed by atoms with van der Waals surface area (Å²) < 4.78 is 0. The summed E-state index contributed by atoms with van der Waals surface area (Å²) in [7, 11) is 0. The zero-order valence-corrected chi connectivity index (χ0v) is 16.4. The molecular formula is C21H21ClN6. The van der Waals surface area contributed by atoms with Crippen LogP contribution in [0.5, 0.6) is 0 Å². The first-order chi connectivity index (χ1) is 13.4. The SMILES string of the molecule is CC(=N)N1C(=N)[C@H](C)N=C(c2ccc(Cl)cc2)c2cc(/C(C=N)=C/N)ccc21. The number of hydrogen-bond acceptors (Lipinski definition) is 5. The fourth-order valence-electron chi connectivity index (χ4n) is 3.17. The molecule has 0 saturated heterocycles. The first-order valence-corrected chi connectivity index (χ1v) is 9.09. The molecule has 3 rings (SSSR count). The molecule has 0 aliphatic carbocycles. The largest absolute Gasteiger partial charge is 0.404 e. The van der Waals surface area contributed by atoms with E-state index in [1.807, 2.05) is 37.3 Å². The van der Waals surface area contributed by atoms with Gasteiger partial charge in [0.25, 0.3) is 0 Å². The van der Waals surface area contributed by atoms with Crippen molar-refractivity contribution in [2.24, 2.45) is 10.7 Å². The third kappa shape index (κ3) is 3.46. The lowest BCUT2D eigenvalue weighted by Gasteiger charge is -2.25. The maximum absolute atomic E-state index is 8.54. The lowest BCUT2D eigenvalue weighted by molar-refractivity contribution is 0.950. The van der Waals surface area contributed by atoms with E-state index in [-0.39, 0.29) is 11.7 Å². The van der Waals surface area contributed by atoms with Gasteiger partial charge in [-0.2, -0.15) is 0 Å². The third-order valence-electron chi connectivity index (χ3n) is 4.57. The molecule has 0 fully saturated rings. The summed E-state index contributed by atoms with van der Waals surface area (Å²) >= 11 is 6.05. The zero-order valence-electron chi connectivity index (χ0n) is 15.6. The Balaban J connectivity index is 2.32. The lowest BCUT2D eigenvalue weighted by atomic mass is 9.96. The number of nitrogens with two attached hydrogens (primary N) is 1. The summed E-state index contributed by atoms with van der Waals surface area (Å²) in [5.41, 5.74) is 10.0. The highest BCUT2D eigenvalue weighted by Gasteiger charge is 2.28. The number of rotatable bonds is 3. The van der Waals surface area contributed by atoms with E-state index in [0.29, 0.717) is 22.0 Å². The monoisotopic (exact) mass is 392 g/mol. The van der Waals surface area contributed by atoms with Gasteiger partial charge < -0.3 is 11.1 Å². The van der Waals surface area contributed by atoms with Crippen molar-refractivity contribution in [3.8, 4) is 0 Å². The van der Waals surface area contributed by atoms with Crippen LogP contribution in [0.2, 0.25) is 5.02 Å². The number of benzene rings is 2. The van der Waals surface area contributed by atoms with Crippen molar-refractivity contribution in [3.05, 3.63) is 70.4 Å². The van der Waals surface area contributed by atoms with Crippen LogP contribution >= 0.6 is 11.6 Å². The second-order valence-electron chi connectivity index (χ2n) is 6.46. The first-order valence-electron chi connectivity index (χ1n) is 8.72. The normalized spacial score (nSPS) is 16.9. The van der Waals surface area contributed by atoms with E-state index in [2.05, 4.69) is 0 Å². The molecular weight excluding hydrogens is 372 g/mol. The van der Waals surface area contributed by atoms with Crippen LogP contribution in [0.15, 0.2) is 53.7 Å². The molecule has 0 radical (unpaired) electrons. The molecule has 1 aliphatic rings. The Kier molecular flexibility index (Phi) is 5.42. The molecule has 1 aliphatic heterocycles. The Bertz CT molecular complexity index is 1020. The van der Waals surface area contributed by atoms with Crippen LogP contribution in [0.4, 0.5) is 5.69 Å². The Morgan fingerprint density at radius 2 is 1.89 bits per heavy atom. The van der Waals surface area contributed by atoms with Crippen LogP contribution in [0.3, 0.4) is 0 Å². The molecule has 2 aromatic rings. The summed E-state index contributed by atoms with van der Waals surface area (Å²) in [4.78, 5) is 6.38. The number of amidine groups is 2. The minimum absolute atomic E-state index is 0.229. The van der Waals surface area contributed by atoms with Gasteiger partial charge >= 0.3 is 0 Å². The van der Waals surface area contributed by atoms with E-state index in [0.717, 1.165) is 16.7 Å². The van der Waals surface area contributed by atoms with Gasteiger partial charge in [-0.05, 0) is 43.7 Å². The van der Waals surface area contributed by atoms with Crippen LogP contribution in [0.25, 0.3) is 5.57 Å². The lowest BCUT2D eigenvalue weighted by Crippen LogP contribution is -2.39. The van der Waals surface area contributed by atoms with Crippen molar-refractivity contribution < 1.29 is 0 Å². The minimum Gasteiger partial charge on any atom is -0.404 e. The highest BCUT2D eigenvalue weighted by molar-refractivity contribution is 6.31. The molecule has 2 aromatic carbocycles. The highest BCUT2D eigenvalue weighted by atomic mass is 35.5. The molecule has 28 heavy (non-hydrogen) atoms. The molecule has 0 aromatic heterocycles. The van der Waals surface area contributed by atoms with Crippen molar-refractivity contribution in [3.63, 3.8) is 0 Å². The maximum Gasteiger partial charge on any atom is 0.131 e. The summed E-state index contributed by atoms with van der Waals surface area (Å²) in [6, 6.07) is 12.5. The maximum atomic E-state index is 8.54.